The van der Waals surface area contributed by atoms with E-state index in [2.05, 4.69) is 0 Å². The lowest BCUT2D eigenvalue weighted by Gasteiger charge is -2.22. The zero-order chi connectivity index (χ0) is 11.2. The van der Waals surface area contributed by atoms with Gasteiger partial charge in [-0.25, -0.2) is 0 Å². The average molecular weight is 221 g/mol. The molecular weight excluding hydrogens is 204 g/mol. The van der Waals surface area contributed by atoms with Crippen LogP contribution in [0.4, 0.5) is 0 Å². The number of benzene rings is 1. The molecule has 16 heavy (non-hydrogen) atoms. The molecule has 1 radical (unpaired) electrons. The minimum atomic E-state index is -0.0834. The molecule has 1 aromatic carbocycles. The Morgan fingerprint density at radius 3 is 3.06 bits per heavy atom. The van der Waals surface area contributed by atoms with Crippen LogP contribution >= 0.6 is 0 Å². The number of hydrogen-bond donors (Lipinski definition) is 0. The smallest absolute Gasteiger partial charge is 0.158 e. The van der Waals surface area contributed by atoms with Gasteiger partial charge in [0, 0.05) is 6.61 Å². The van der Waals surface area contributed by atoms with Crippen LogP contribution in [0.25, 0.3) is 0 Å². The summed E-state index contributed by atoms with van der Waals surface area (Å²) in [6.45, 7) is 2.54. The molecule has 0 amide bonds. The van der Waals surface area contributed by atoms with Crippen molar-refractivity contribution in [1.82, 2.24) is 0 Å². The molecule has 0 aromatic heterocycles. The van der Waals surface area contributed by atoms with Crippen molar-refractivity contribution in [3.8, 4) is 5.75 Å². The minimum absolute atomic E-state index is 0.0834. The Morgan fingerprint density at radius 2 is 2.31 bits per heavy atom. The molecule has 1 saturated heterocycles. The molecule has 1 unspecified atom stereocenters. The zero-order valence-corrected chi connectivity index (χ0v) is 9.52. The summed E-state index contributed by atoms with van der Waals surface area (Å²) in [5, 5.41) is 0. The Bertz CT molecular complexity index is 319. The summed E-state index contributed by atoms with van der Waals surface area (Å²) < 4.78 is 16.2. The molecule has 0 spiro atoms. The maximum atomic E-state index is 5.57. The molecule has 1 heterocycles. The number of ether oxygens (including phenoxy) is 3. The fourth-order valence-electron chi connectivity index (χ4n) is 1.69. The van der Waals surface area contributed by atoms with Gasteiger partial charge in [0.1, 0.15) is 12.4 Å². The second-order valence-corrected chi connectivity index (χ2v) is 3.83. The van der Waals surface area contributed by atoms with E-state index in [1.165, 1.54) is 6.42 Å². The van der Waals surface area contributed by atoms with E-state index < -0.39 is 0 Å². The first-order valence-corrected chi connectivity index (χ1v) is 5.63. The molecule has 1 aromatic rings. The van der Waals surface area contributed by atoms with Crippen molar-refractivity contribution >= 4 is 0 Å². The van der Waals surface area contributed by atoms with Gasteiger partial charge in [0.25, 0.3) is 0 Å². The Hall–Kier alpha value is -1.06. The summed E-state index contributed by atoms with van der Waals surface area (Å²) >= 11 is 0. The van der Waals surface area contributed by atoms with Crippen LogP contribution in [0.5, 0.6) is 5.75 Å². The van der Waals surface area contributed by atoms with Crippen molar-refractivity contribution < 1.29 is 14.2 Å². The predicted molar refractivity (Wildman–Crippen MR) is 61.1 cm³/mol. The molecule has 2 rings (SSSR count). The van der Waals surface area contributed by atoms with Crippen LogP contribution in [0.3, 0.4) is 0 Å². The quantitative estimate of drug-likeness (QED) is 0.782. The normalized spacial score (nSPS) is 20.7. The third kappa shape index (κ3) is 3.22. The molecule has 1 aliphatic rings. The van der Waals surface area contributed by atoms with Crippen LogP contribution < -0.4 is 4.74 Å². The second kappa shape index (κ2) is 5.87. The highest BCUT2D eigenvalue weighted by Crippen LogP contribution is 2.18. The molecule has 0 saturated carbocycles. The van der Waals surface area contributed by atoms with E-state index >= 15 is 0 Å². The third-order valence-electron chi connectivity index (χ3n) is 2.59. The maximum Gasteiger partial charge on any atom is 0.158 e. The second-order valence-electron chi connectivity index (χ2n) is 3.83. The monoisotopic (exact) mass is 221 g/mol. The van der Waals surface area contributed by atoms with Gasteiger partial charge < -0.3 is 14.2 Å². The van der Waals surface area contributed by atoms with E-state index in [4.69, 9.17) is 14.2 Å². The van der Waals surface area contributed by atoms with E-state index in [1.807, 2.05) is 24.3 Å². The first-order chi connectivity index (χ1) is 7.88. The number of rotatable bonds is 4. The van der Waals surface area contributed by atoms with Gasteiger partial charge in [-0.1, -0.05) is 12.1 Å². The van der Waals surface area contributed by atoms with Crippen molar-refractivity contribution in [2.24, 2.45) is 0 Å². The lowest BCUT2D eigenvalue weighted by atomic mass is 10.2. The first-order valence-electron chi connectivity index (χ1n) is 5.63. The highest BCUT2D eigenvalue weighted by molar-refractivity contribution is 5.31. The van der Waals surface area contributed by atoms with Crippen molar-refractivity contribution in [3.05, 3.63) is 36.4 Å². The van der Waals surface area contributed by atoms with Crippen LogP contribution in [-0.4, -0.2) is 20.0 Å². The summed E-state index contributed by atoms with van der Waals surface area (Å²) in [5.41, 5.74) is 0.994. The van der Waals surface area contributed by atoms with Crippen molar-refractivity contribution in [2.75, 3.05) is 13.7 Å². The molecular formula is C13H17O3. The Balaban J connectivity index is 1.83. The van der Waals surface area contributed by atoms with Crippen LogP contribution in [0.2, 0.25) is 0 Å². The fraction of sp³-hybridized carbons (Fsp3) is 0.462. The first kappa shape index (κ1) is 11.4. The molecule has 0 bridgehead atoms. The molecule has 0 N–H and O–H groups in total. The van der Waals surface area contributed by atoms with Gasteiger partial charge in [0.05, 0.1) is 7.11 Å². The van der Waals surface area contributed by atoms with Crippen molar-refractivity contribution in [3.63, 3.8) is 0 Å². The van der Waals surface area contributed by atoms with Gasteiger partial charge in [-0.05, 0) is 37.0 Å². The topological polar surface area (TPSA) is 27.7 Å². The molecule has 87 valence electrons. The molecule has 1 aliphatic heterocycles. The minimum Gasteiger partial charge on any atom is -0.497 e. The molecule has 3 nitrogen and oxygen atoms in total. The third-order valence-corrected chi connectivity index (χ3v) is 2.59. The highest BCUT2D eigenvalue weighted by Gasteiger charge is 2.14. The lowest BCUT2D eigenvalue weighted by molar-refractivity contribution is -0.139. The van der Waals surface area contributed by atoms with E-state index in [-0.39, 0.29) is 6.29 Å². The Kier molecular flexibility index (Phi) is 4.19. The zero-order valence-electron chi connectivity index (χ0n) is 9.52. The Morgan fingerprint density at radius 1 is 1.38 bits per heavy atom. The molecule has 3 heteroatoms. The van der Waals surface area contributed by atoms with Crippen molar-refractivity contribution in [1.29, 1.82) is 0 Å². The number of methoxy groups -OCH3 is 1. The predicted octanol–water partition coefficient (Wildman–Crippen LogP) is 2.75. The maximum absolute atomic E-state index is 5.57. The molecule has 1 atom stereocenters. The summed E-state index contributed by atoms with van der Waals surface area (Å²) in [6.07, 6.45) is 3.20. The number of hydrogen-bond acceptors (Lipinski definition) is 3. The SMILES string of the molecule is COc1cccc([CH]OC2CCCCO2)c1. The van der Waals surface area contributed by atoms with Crippen LogP contribution in [0.15, 0.2) is 24.3 Å². The van der Waals surface area contributed by atoms with E-state index in [0.717, 1.165) is 30.8 Å². The summed E-state index contributed by atoms with van der Waals surface area (Å²) in [5.74, 6) is 0.835. The van der Waals surface area contributed by atoms with Gasteiger partial charge >= 0.3 is 0 Å². The van der Waals surface area contributed by atoms with Crippen molar-refractivity contribution in [2.45, 2.75) is 25.6 Å². The summed E-state index contributed by atoms with van der Waals surface area (Å²) in [4.78, 5) is 0. The van der Waals surface area contributed by atoms with E-state index in [9.17, 15) is 0 Å². The van der Waals surface area contributed by atoms with Gasteiger partial charge in [-0.3, -0.25) is 0 Å². The summed E-state index contributed by atoms with van der Waals surface area (Å²) in [6, 6.07) is 7.76. The Labute approximate surface area is 96.3 Å². The molecule has 0 aliphatic carbocycles. The standard InChI is InChI=1S/C13H17O3/c1-14-12-6-4-5-11(9-12)10-16-13-7-2-3-8-15-13/h4-6,9-10,13H,2-3,7-8H2,1H3. The van der Waals surface area contributed by atoms with E-state index in [0.29, 0.717) is 0 Å². The van der Waals surface area contributed by atoms with Gasteiger partial charge in [-0.15, -0.1) is 0 Å². The van der Waals surface area contributed by atoms with Crippen LogP contribution in [-0.2, 0) is 9.47 Å². The largest absolute Gasteiger partial charge is 0.497 e. The van der Waals surface area contributed by atoms with Crippen LogP contribution in [0, 0.1) is 6.61 Å². The van der Waals surface area contributed by atoms with Gasteiger partial charge in [0.2, 0.25) is 0 Å². The highest BCUT2D eigenvalue weighted by atomic mass is 16.7. The summed E-state index contributed by atoms with van der Waals surface area (Å²) in [7, 11) is 1.66. The van der Waals surface area contributed by atoms with Gasteiger partial charge in [-0.2, -0.15) is 0 Å². The fourth-order valence-corrected chi connectivity index (χ4v) is 1.69. The van der Waals surface area contributed by atoms with Crippen LogP contribution in [0.1, 0.15) is 24.8 Å². The lowest BCUT2D eigenvalue weighted by Crippen LogP contribution is -2.21. The van der Waals surface area contributed by atoms with Gasteiger partial charge in [0.15, 0.2) is 6.29 Å². The van der Waals surface area contributed by atoms with E-state index in [1.54, 1.807) is 13.7 Å². The average Bonchev–Trinajstić information content (AvgIpc) is 2.38. The molecule has 1 fully saturated rings.